The Morgan fingerprint density at radius 2 is 1.93 bits per heavy atom. The summed E-state index contributed by atoms with van der Waals surface area (Å²) in [6, 6.07) is 10.2. The molecule has 7 nitrogen and oxygen atoms in total. The minimum absolute atomic E-state index is 0.0776. The first kappa shape index (κ1) is 17.2. The van der Waals surface area contributed by atoms with Crippen molar-refractivity contribution < 1.29 is 9.21 Å². The summed E-state index contributed by atoms with van der Waals surface area (Å²) in [4.78, 5) is 30.0. The number of carbonyl (C=O) groups is 1. The number of nitrogens with zero attached hydrogens (tertiary/aromatic N) is 5. The fraction of sp³-hybridized carbons (Fsp3) is 0.429. The first-order valence-electron chi connectivity index (χ1n) is 9.77. The number of likely N-dealkylation sites (tertiary alicyclic amines) is 1. The van der Waals surface area contributed by atoms with E-state index in [0.717, 1.165) is 43.8 Å². The second-order valence-corrected chi connectivity index (χ2v) is 7.98. The van der Waals surface area contributed by atoms with Gasteiger partial charge in [-0.05, 0) is 18.4 Å². The molecule has 2 fully saturated rings. The van der Waals surface area contributed by atoms with E-state index in [4.69, 9.17) is 4.42 Å². The predicted octanol–water partition coefficient (Wildman–Crippen LogP) is 2.95. The van der Waals surface area contributed by atoms with Crippen LogP contribution in [0.1, 0.15) is 30.7 Å². The Bertz CT molecular complexity index is 1010. The molecule has 144 valence electrons. The van der Waals surface area contributed by atoms with Gasteiger partial charge in [-0.25, -0.2) is 9.97 Å². The van der Waals surface area contributed by atoms with Gasteiger partial charge in [0, 0.05) is 44.9 Å². The summed E-state index contributed by atoms with van der Waals surface area (Å²) in [6.45, 7) is 5.10. The molecule has 0 unspecified atom stereocenters. The van der Waals surface area contributed by atoms with Crippen molar-refractivity contribution in [3.8, 4) is 0 Å². The summed E-state index contributed by atoms with van der Waals surface area (Å²) < 4.78 is 5.54. The number of carbonyl (C=O) groups excluding carboxylic acids is 1. The van der Waals surface area contributed by atoms with Crippen LogP contribution in [0, 0.1) is 12.3 Å². The zero-order valence-electron chi connectivity index (χ0n) is 16.0. The molecule has 2 aliphatic heterocycles. The third-order valence-corrected chi connectivity index (χ3v) is 6.03. The fourth-order valence-electron chi connectivity index (χ4n) is 4.54. The van der Waals surface area contributed by atoms with E-state index in [9.17, 15) is 4.79 Å². The Balaban J connectivity index is 1.29. The van der Waals surface area contributed by atoms with Gasteiger partial charge >= 0.3 is 0 Å². The Kier molecular flexibility index (Phi) is 4.03. The topological polar surface area (TPSA) is 75.4 Å². The van der Waals surface area contributed by atoms with Gasteiger partial charge < -0.3 is 14.2 Å². The molecule has 1 aromatic carbocycles. The number of oxazole rings is 1. The van der Waals surface area contributed by atoms with Gasteiger partial charge in [0.2, 0.25) is 5.91 Å². The number of hydrogen-bond donors (Lipinski definition) is 0. The maximum atomic E-state index is 12.7. The Morgan fingerprint density at radius 3 is 2.71 bits per heavy atom. The Morgan fingerprint density at radius 1 is 1.14 bits per heavy atom. The van der Waals surface area contributed by atoms with Gasteiger partial charge in [-0.15, -0.1) is 0 Å². The minimum atomic E-state index is 0.0776. The summed E-state index contributed by atoms with van der Waals surface area (Å²) in [5.74, 6) is 1.71. The van der Waals surface area contributed by atoms with E-state index in [1.54, 1.807) is 0 Å². The first-order valence-corrected chi connectivity index (χ1v) is 9.77. The molecule has 0 atom stereocenters. The molecule has 0 bridgehead atoms. The number of fused-ring (bicyclic) bond motifs is 1. The van der Waals surface area contributed by atoms with Gasteiger partial charge in [0.25, 0.3) is 5.71 Å². The van der Waals surface area contributed by atoms with E-state index >= 15 is 0 Å². The van der Waals surface area contributed by atoms with Crippen LogP contribution in [-0.4, -0.2) is 45.4 Å². The summed E-state index contributed by atoms with van der Waals surface area (Å²) in [5.41, 5.74) is 2.53. The predicted molar refractivity (Wildman–Crippen MR) is 105 cm³/mol. The van der Waals surface area contributed by atoms with E-state index in [-0.39, 0.29) is 11.3 Å². The van der Waals surface area contributed by atoms with Crippen LogP contribution in [0.25, 0.3) is 11.2 Å². The van der Waals surface area contributed by atoms with Crippen LogP contribution in [0.4, 0.5) is 5.82 Å². The highest BCUT2D eigenvalue weighted by Gasteiger charge is 2.45. The number of piperidine rings is 1. The van der Waals surface area contributed by atoms with E-state index in [1.165, 1.54) is 11.9 Å². The maximum Gasteiger partial charge on any atom is 0.252 e. The minimum Gasteiger partial charge on any atom is -0.422 e. The number of anilines is 1. The normalized spacial score (nSPS) is 19.1. The monoisotopic (exact) mass is 377 g/mol. The third-order valence-electron chi connectivity index (χ3n) is 6.03. The molecule has 1 spiro atoms. The average molecular weight is 377 g/mol. The first-order chi connectivity index (χ1) is 13.6. The van der Waals surface area contributed by atoms with Crippen molar-refractivity contribution in [1.82, 2.24) is 19.9 Å². The number of aromatic nitrogens is 3. The molecule has 0 radical (unpaired) electrons. The quantitative estimate of drug-likeness (QED) is 0.699. The van der Waals surface area contributed by atoms with Gasteiger partial charge in [0.15, 0.2) is 17.2 Å². The second kappa shape index (κ2) is 6.58. The van der Waals surface area contributed by atoms with E-state index in [0.29, 0.717) is 24.6 Å². The van der Waals surface area contributed by atoms with Crippen LogP contribution in [0.3, 0.4) is 0 Å². The highest BCUT2D eigenvalue weighted by Crippen LogP contribution is 2.42. The third kappa shape index (κ3) is 3.00. The standard InChI is InChI=1S/C21H23N5O2/c1-15-24-18-19(22-14-23-20(18)28-15)25-9-7-21(8-10-25)11-17(27)26(13-21)12-16-5-3-2-4-6-16/h2-6,14H,7-13H2,1H3. The van der Waals surface area contributed by atoms with Crippen molar-refractivity contribution in [2.75, 3.05) is 24.5 Å². The molecule has 0 N–H and O–H groups in total. The van der Waals surface area contributed by atoms with Crippen LogP contribution >= 0.6 is 0 Å². The van der Waals surface area contributed by atoms with E-state index in [1.807, 2.05) is 30.0 Å². The Hall–Kier alpha value is -2.96. The average Bonchev–Trinajstić information content (AvgIpc) is 3.22. The summed E-state index contributed by atoms with van der Waals surface area (Å²) >= 11 is 0. The SMILES string of the molecule is Cc1nc2c(N3CCC4(CC3)CC(=O)N(Cc3ccccc3)C4)ncnc2o1. The summed E-state index contributed by atoms with van der Waals surface area (Å²) in [7, 11) is 0. The lowest BCUT2D eigenvalue weighted by Crippen LogP contribution is -2.42. The van der Waals surface area contributed by atoms with Crippen LogP contribution < -0.4 is 4.90 Å². The lowest BCUT2D eigenvalue weighted by molar-refractivity contribution is -0.128. The van der Waals surface area contributed by atoms with Crippen LogP contribution in [0.15, 0.2) is 41.1 Å². The highest BCUT2D eigenvalue weighted by atomic mass is 16.4. The molecule has 2 aromatic heterocycles. The van der Waals surface area contributed by atoms with Crippen molar-refractivity contribution in [2.45, 2.75) is 32.7 Å². The van der Waals surface area contributed by atoms with E-state index < -0.39 is 0 Å². The zero-order chi connectivity index (χ0) is 19.1. The molecule has 2 saturated heterocycles. The lowest BCUT2D eigenvalue weighted by Gasteiger charge is -2.39. The largest absolute Gasteiger partial charge is 0.422 e. The van der Waals surface area contributed by atoms with Crippen LogP contribution in [0.2, 0.25) is 0 Å². The second-order valence-electron chi connectivity index (χ2n) is 7.98. The molecule has 0 saturated carbocycles. The van der Waals surface area contributed by atoms with Gasteiger partial charge in [-0.3, -0.25) is 4.79 Å². The smallest absolute Gasteiger partial charge is 0.252 e. The zero-order valence-corrected chi connectivity index (χ0v) is 16.0. The van der Waals surface area contributed by atoms with Crippen molar-refractivity contribution >= 4 is 23.0 Å². The van der Waals surface area contributed by atoms with Crippen molar-refractivity contribution in [3.05, 3.63) is 48.1 Å². The lowest BCUT2D eigenvalue weighted by atomic mass is 9.77. The van der Waals surface area contributed by atoms with Gasteiger partial charge in [-0.1, -0.05) is 30.3 Å². The highest BCUT2D eigenvalue weighted by molar-refractivity contribution is 5.82. The molecule has 28 heavy (non-hydrogen) atoms. The summed E-state index contributed by atoms with van der Waals surface area (Å²) in [5, 5.41) is 0. The van der Waals surface area contributed by atoms with Gasteiger partial charge in [0.05, 0.1) is 0 Å². The molecule has 3 aromatic rings. The van der Waals surface area contributed by atoms with Crippen LogP contribution in [0.5, 0.6) is 0 Å². The number of aryl methyl sites for hydroxylation is 1. The van der Waals surface area contributed by atoms with Crippen molar-refractivity contribution in [2.24, 2.45) is 5.41 Å². The summed E-state index contributed by atoms with van der Waals surface area (Å²) in [6.07, 6.45) is 4.14. The molecule has 1 amide bonds. The number of benzene rings is 1. The van der Waals surface area contributed by atoms with E-state index in [2.05, 4.69) is 32.0 Å². The van der Waals surface area contributed by atoms with Gasteiger partial charge in [0.1, 0.15) is 6.33 Å². The number of rotatable bonds is 3. The van der Waals surface area contributed by atoms with Gasteiger partial charge in [-0.2, -0.15) is 4.98 Å². The fourth-order valence-corrected chi connectivity index (χ4v) is 4.54. The molecule has 5 rings (SSSR count). The maximum absolute atomic E-state index is 12.7. The number of amides is 1. The molecule has 7 heteroatoms. The Labute approximate surface area is 163 Å². The molecule has 4 heterocycles. The molecule has 2 aliphatic rings. The van der Waals surface area contributed by atoms with Crippen molar-refractivity contribution in [3.63, 3.8) is 0 Å². The van der Waals surface area contributed by atoms with Crippen LogP contribution in [-0.2, 0) is 11.3 Å². The molecular weight excluding hydrogens is 354 g/mol. The molecular formula is C21H23N5O2. The molecule has 0 aliphatic carbocycles. The number of hydrogen-bond acceptors (Lipinski definition) is 6. The van der Waals surface area contributed by atoms with Crippen molar-refractivity contribution in [1.29, 1.82) is 0 Å².